The van der Waals surface area contributed by atoms with E-state index in [-0.39, 0.29) is 0 Å². The molecule has 0 atom stereocenters. The second-order valence-corrected chi connectivity index (χ2v) is 4.62. The lowest BCUT2D eigenvalue weighted by Crippen LogP contribution is -2.11. The molecule has 0 unspecified atom stereocenters. The molecule has 1 heterocycles. The van der Waals surface area contributed by atoms with Crippen LogP contribution in [0.1, 0.15) is 23.7 Å². The highest BCUT2D eigenvalue weighted by Crippen LogP contribution is 2.25. The van der Waals surface area contributed by atoms with Crippen LogP contribution in [0.5, 0.6) is 11.5 Å². The zero-order valence-corrected chi connectivity index (χ0v) is 11.7. The summed E-state index contributed by atoms with van der Waals surface area (Å²) in [5, 5.41) is 3.32. The molecule has 3 nitrogen and oxygen atoms in total. The molecule has 0 fully saturated rings. The Balaban J connectivity index is 2.10. The zero-order chi connectivity index (χ0) is 13.7. The van der Waals surface area contributed by atoms with E-state index in [1.54, 1.807) is 6.20 Å². The van der Waals surface area contributed by atoms with E-state index in [0.29, 0.717) is 0 Å². The summed E-state index contributed by atoms with van der Waals surface area (Å²) in [7, 11) is 0. The normalized spacial score (nSPS) is 10.5. The quantitative estimate of drug-likeness (QED) is 0.887. The van der Waals surface area contributed by atoms with Gasteiger partial charge in [0.15, 0.2) is 0 Å². The third-order valence-corrected chi connectivity index (χ3v) is 2.93. The highest BCUT2D eigenvalue weighted by atomic mass is 16.5. The van der Waals surface area contributed by atoms with E-state index in [0.717, 1.165) is 35.8 Å². The van der Waals surface area contributed by atoms with Crippen molar-refractivity contribution in [2.24, 2.45) is 0 Å². The second-order valence-electron chi connectivity index (χ2n) is 4.62. The smallest absolute Gasteiger partial charge is 0.145 e. The van der Waals surface area contributed by atoms with Gasteiger partial charge in [-0.1, -0.05) is 19.1 Å². The molecule has 3 heteroatoms. The van der Waals surface area contributed by atoms with Gasteiger partial charge in [0.2, 0.25) is 0 Å². The van der Waals surface area contributed by atoms with Crippen LogP contribution in [0.25, 0.3) is 0 Å². The molecule has 1 aromatic heterocycles. The SMILES string of the molecule is CCNCc1ccc(Oc2ccc(C)nc2)c(C)c1. The van der Waals surface area contributed by atoms with E-state index < -0.39 is 0 Å². The van der Waals surface area contributed by atoms with Gasteiger partial charge in [-0.25, -0.2) is 0 Å². The first-order chi connectivity index (χ1) is 9.19. The van der Waals surface area contributed by atoms with Crippen LogP contribution < -0.4 is 10.1 Å². The Labute approximate surface area is 114 Å². The molecular weight excluding hydrogens is 236 g/mol. The number of rotatable bonds is 5. The molecule has 1 N–H and O–H groups in total. The van der Waals surface area contributed by atoms with Gasteiger partial charge in [0.05, 0.1) is 6.20 Å². The molecule has 0 bridgehead atoms. The lowest BCUT2D eigenvalue weighted by Gasteiger charge is -2.10. The molecule has 2 aromatic rings. The van der Waals surface area contributed by atoms with Gasteiger partial charge in [-0.3, -0.25) is 4.98 Å². The average molecular weight is 256 g/mol. The van der Waals surface area contributed by atoms with Crippen molar-refractivity contribution in [3.63, 3.8) is 0 Å². The Morgan fingerprint density at radius 2 is 2.00 bits per heavy atom. The Hall–Kier alpha value is -1.87. The van der Waals surface area contributed by atoms with E-state index in [2.05, 4.69) is 36.3 Å². The number of hydrogen-bond acceptors (Lipinski definition) is 3. The van der Waals surface area contributed by atoms with Crippen molar-refractivity contribution < 1.29 is 4.74 Å². The van der Waals surface area contributed by atoms with Crippen molar-refractivity contribution in [2.45, 2.75) is 27.3 Å². The first kappa shape index (κ1) is 13.6. The first-order valence-corrected chi connectivity index (χ1v) is 6.60. The highest BCUT2D eigenvalue weighted by molar-refractivity contribution is 5.39. The second kappa shape index (κ2) is 6.34. The maximum absolute atomic E-state index is 5.84. The highest BCUT2D eigenvalue weighted by Gasteiger charge is 2.03. The van der Waals surface area contributed by atoms with Gasteiger partial charge in [-0.15, -0.1) is 0 Å². The van der Waals surface area contributed by atoms with E-state index in [1.165, 1.54) is 5.56 Å². The van der Waals surface area contributed by atoms with Gasteiger partial charge in [-0.2, -0.15) is 0 Å². The Morgan fingerprint density at radius 1 is 1.16 bits per heavy atom. The molecule has 100 valence electrons. The van der Waals surface area contributed by atoms with Crippen LogP contribution in [0, 0.1) is 13.8 Å². The average Bonchev–Trinajstić information content (AvgIpc) is 2.41. The van der Waals surface area contributed by atoms with Gasteiger partial charge >= 0.3 is 0 Å². The van der Waals surface area contributed by atoms with E-state index >= 15 is 0 Å². The molecular formula is C16H20N2O. The first-order valence-electron chi connectivity index (χ1n) is 6.60. The maximum atomic E-state index is 5.84. The van der Waals surface area contributed by atoms with Crippen molar-refractivity contribution in [1.29, 1.82) is 0 Å². The van der Waals surface area contributed by atoms with Gasteiger partial charge in [0.1, 0.15) is 11.5 Å². The minimum absolute atomic E-state index is 0.771. The van der Waals surface area contributed by atoms with Gasteiger partial charge in [0, 0.05) is 12.2 Å². The van der Waals surface area contributed by atoms with E-state index in [9.17, 15) is 0 Å². The number of nitrogens with one attached hydrogen (secondary N) is 1. The molecule has 0 aliphatic rings. The summed E-state index contributed by atoms with van der Waals surface area (Å²) in [6.45, 7) is 8.00. The standard InChI is InChI=1S/C16H20N2O/c1-4-17-10-14-6-8-16(12(2)9-14)19-15-7-5-13(3)18-11-15/h5-9,11,17H,4,10H2,1-3H3. The Kier molecular flexibility index (Phi) is 4.53. The van der Waals surface area contributed by atoms with Crippen molar-refractivity contribution in [1.82, 2.24) is 10.3 Å². The predicted molar refractivity (Wildman–Crippen MR) is 77.6 cm³/mol. The molecule has 0 aliphatic carbocycles. The molecule has 0 spiro atoms. The lowest BCUT2D eigenvalue weighted by molar-refractivity contribution is 0.476. The number of aryl methyl sites for hydroxylation is 2. The fourth-order valence-corrected chi connectivity index (χ4v) is 1.85. The maximum Gasteiger partial charge on any atom is 0.145 e. The van der Waals surface area contributed by atoms with Crippen molar-refractivity contribution in [2.75, 3.05) is 6.54 Å². The summed E-state index contributed by atoms with van der Waals surface area (Å²) >= 11 is 0. The summed E-state index contributed by atoms with van der Waals surface area (Å²) in [4.78, 5) is 4.23. The van der Waals surface area contributed by atoms with Crippen molar-refractivity contribution in [3.8, 4) is 11.5 Å². The van der Waals surface area contributed by atoms with E-state index in [4.69, 9.17) is 4.74 Å². The minimum Gasteiger partial charge on any atom is -0.455 e. The lowest BCUT2D eigenvalue weighted by atomic mass is 10.1. The number of ether oxygens (including phenoxy) is 1. The zero-order valence-electron chi connectivity index (χ0n) is 11.7. The number of nitrogens with zero attached hydrogens (tertiary/aromatic N) is 1. The summed E-state index contributed by atoms with van der Waals surface area (Å²) < 4.78 is 5.84. The van der Waals surface area contributed by atoms with Crippen LogP contribution in [0.3, 0.4) is 0 Å². The molecule has 19 heavy (non-hydrogen) atoms. The van der Waals surface area contributed by atoms with Gasteiger partial charge < -0.3 is 10.1 Å². The third-order valence-electron chi connectivity index (χ3n) is 2.93. The Morgan fingerprint density at radius 3 is 2.63 bits per heavy atom. The van der Waals surface area contributed by atoms with Crippen LogP contribution in [-0.2, 0) is 6.54 Å². The summed E-state index contributed by atoms with van der Waals surface area (Å²) in [6, 6.07) is 10.1. The van der Waals surface area contributed by atoms with Crippen LogP contribution >= 0.6 is 0 Å². The molecule has 0 radical (unpaired) electrons. The summed E-state index contributed by atoms with van der Waals surface area (Å²) in [5.41, 5.74) is 3.40. The molecule has 0 saturated carbocycles. The number of hydrogen-bond donors (Lipinski definition) is 1. The molecule has 0 amide bonds. The van der Waals surface area contributed by atoms with Gasteiger partial charge in [-0.05, 0) is 49.7 Å². The van der Waals surface area contributed by atoms with Crippen molar-refractivity contribution >= 4 is 0 Å². The Bertz CT molecular complexity index is 535. The predicted octanol–water partition coefficient (Wildman–Crippen LogP) is 3.60. The van der Waals surface area contributed by atoms with Gasteiger partial charge in [0.25, 0.3) is 0 Å². The number of benzene rings is 1. The largest absolute Gasteiger partial charge is 0.455 e. The third kappa shape index (κ3) is 3.80. The van der Waals surface area contributed by atoms with Crippen LogP contribution in [0.2, 0.25) is 0 Å². The molecule has 2 rings (SSSR count). The van der Waals surface area contributed by atoms with Crippen LogP contribution in [0.15, 0.2) is 36.5 Å². The van der Waals surface area contributed by atoms with Crippen LogP contribution in [-0.4, -0.2) is 11.5 Å². The molecule has 0 aliphatic heterocycles. The number of aromatic nitrogens is 1. The fraction of sp³-hybridized carbons (Fsp3) is 0.312. The molecule has 0 saturated heterocycles. The minimum atomic E-state index is 0.771. The number of pyridine rings is 1. The summed E-state index contributed by atoms with van der Waals surface area (Å²) in [6.07, 6.45) is 1.75. The van der Waals surface area contributed by atoms with Crippen LogP contribution in [0.4, 0.5) is 0 Å². The van der Waals surface area contributed by atoms with Crippen molar-refractivity contribution in [3.05, 3.63) is 53.3 Å². The van der Waals surface area contributed by atoms with E-state index in [1.807, 2.05) is 25.1 Å². The topological polar surface area (TPSA) is 34.1 Å². The fourth-order valence-electron chi connectivity index (χ4n) is 1.85. The summed E-state index contributed by atoms with van der Waals surface area (Å²) in [5.74, 6) is 1.65. The monoisotopic (exact) mass is 256 g/mol. The molecule has 1 aromatic carbocycles.